The van der Waals surface area contributed by atoms with Gasteiger partial charge in [-0.15, -0.1) is 0 Å². The number of halogens is 1. The van der Waals surface area contributed by atoms with Crippen LogP contribution < -0.4 is 15.8 Å². The molecule has 0 saturated heterocycles. The lowest BCUT2D eigenvalue weighted by Gasteiger charge is -2.05. The Hall–Kier alpha value is -2.07. The highest BCUT2D eigenvalue weighted by Gasteiger charge is 2.07. The molecule has 2 rings (SSSR count). The van der Waals surface area contributed by atoms with Gasteiger partial charge >= 0.3 is 0 Å². The number of amides is 1. The molecule has 0 aliphatic heterocycles. The summed E-state index contributed by atoms with van der Waals surface area (Å²) >= 11 is 7.10. The van der Waals surface area contributed by atoms with Crippen molar-refractivity contribution in [1.82, 2.24) is 4.98 Å². The number of nitrogens with one attached hydrogen (secondary N) is 1. The molecule has 0 unspecified atom stereocenters. The molecular weight excluding hydrogens is 310 g/mol. The average molecular weight is 322 g/mol. The first kappa shape index (κ1) is 15.3. The van der Waals surface area contributed by atoms with Crippen LogP contribution in [-0.4, -0.2) is 24.0 Å². The molecule has 21 heavy (non-hydrogen) atoms. The second-order valence-corrected chi connectivity index (χ2v) is 5.30. The van der Waals surface area contributed by atoms with Crippen LogP contribution in [0, 0.1) is 11.8 Å². The van der Waals surface area contributed by atoms with Gasteiger partial charge in [0.2, 0.25) is 0 Å². The van der Waals surface area contributed by atoms with Gasteiger partial charge in [-0.3, -0.25) is 10.1 Å². The average Bonchev–Trinajstić information content (AvgIpc) is 2.90. The van der Waals surface area contributed by atoms with Gasteiger partial charge in [-0.1, -0.05) is 40.8 Å². The van der Waals surface area contributed by atoms with Gasteiger partial charge < -0.3 is 10.5 Å². The monoisotopic (exact) mass is 321 g/mol. The van der Waals surface area contributed by atoms with E-state index in [4.69, 9.17) is 22.1 Å². The van der Waals surface area contributed by atoms with Crippen molar-refractivity contribution in [3.05, 3.63) is 40.4 Å². The topological polar surface area (TPSA) is 77.2 Å². The summed E-state index contributed by atoms with van der Waals surface area (Å²) < 4.78 is 5.33. The SMILES string of the molecule is NCC#Cc1cnc(NC(=O)COc2cccc(Cl)c2)s1. The summed E-state index contributed by atoms with van der Waals surface area (Å²) in [6.07, 6.45) is 1.58. The molecule has 0 radical (unpaired) electrons. The lowest BCUT2D eigenvalue weighted by atomic mass is 10.3. The van der Waals surface area contributed by atoms with Crippen molar-refractivity contribution in [3.8, 4) is 17.6 Å². The van der Waals surface area contributed by atoms with Crippen molar-refractivity contribution in [2.45, 2.75) is 0 Å². The summed E-state index contributed by atoms with van der Waals surface area (Å²) in [4.78, 5) is 16.5. The van der Waals surface area contributed by atoms with Crippen LogP contribution in [0.1, 0.15) is 4.88 Å². The van der Waals surface area contributed by atoms with Crippen molar-refractivity contribution in [3.63, 3.8) is 0 Å². The largest absolute Gasteiger partial charge is 0.484 e. The zero-order chi connectivity index (χ0) is 15.1. The summed E-state index contributed by atoms with van der Waals surface area (Å²) in [6.45, 7) is 0.163. The number of aromatic nitrogens is 1. The van der Waals surface area contributed by atoms with Crippen LogP contribution in [0.5, 0.6) is 5.75 Å². The van der Waals surface area contributed by atoms with E-state index in [0.29, 0.717) is 15.9 Å². The van der Waals surface area contributed by atoms with Crippen molar-refractivity contribution < 1.29 is 9.53 Å². The van der Waals surface area contributed by atoms with Gasteiger partial charge in [0.05, 0.1) is 17.6 Å². The van der Waals surface area contributed by atoms with Crippen molar-refractivity contribution in [1.29, 1.82) is 0 Å². The molecule has 0 bridgehead atoms. The molecule has 1 heterocycles. The molecule has 5 nitrogen and oxygen atoms in total. The highest BCUT2D eigenvalue weighted by molar-refractivity contribution is 7.16. The van der Waals surface area contributed by atoms with Crippen LogP contribution in [0.25, 0.3) is 0 Å². The van der Waals surface area contributed by atoms with E-state index in [1.165, 1.54) is 11.3 Å². The Morgan fingerprint density at radius 3 is 3.14 bits per heavy atom. The maximum Gasteiger partial charge on any atom is 0.264 e. The Morgan fingerprint density at radius 1 is 1.52 bits per heavy atom. The predicted octanol–water partition coefficient (Wildman–Crippen LogP) is 2.12. The Morgan fingerprint density at radius 2 is 2.38 bits per heavy atom. The van der Waals surface area contributed by atoms with Crippen LogP contribution in [0.4, 0.5) is 5.13 Å². The minimum Gasteiger partial charge on any atom is -0.484 e. The third-order valence-electron chi connectivity index (χ3n) is 2.23. The minimum absolute atomic E-state index is 0.121. The molecular formula is C14H12ClN3O2S. The zero-order valence-corrected chi connectivity index (χ0v) is 12.5. The quantitative estimate of drug-likeness (QED) is 0.846. The van der Waals surface area contributed by atoms with Crippen molar-refractivity contribution in [2.75, 3.05) is 18.5 Å². The fourth-order valence-electron chi connectivity index (χ4n) is 1.39. The van der Waals surface area contributed by atoms with Crippen molar-refractivity contribution >= 4 is 34.0 Å². The first-order valence-corrected chi connectivity index (χ1v) is 7.20. The fraction of sp³-hybridized carbons (Fsp3) is 0.143. The number of benzene rings is 1. The number of rotatable bonds is 4. The molecule has 1 aromatic carbocycles. The Kier molecular flexibility index (Phi) is 5.58. The number of hydrogen-bond donors (Lipinski definition) is 2. The van der Waals surface area contributed by atoms with Gasteiger partial charge in [0.15, 0.2) is 11.7 Å². The van der Waals surface area contributed by atoms with Crippen molar-refractivity contribution in [2.24, 2.45) is 5.73 Å². The van der Waals surface area contributed by atoms with E-state index in [9.17, 15) is 4.79 Å². The normalized spacial score (nSPS) is 9.62. The molecule has 0 atom stereocenters. The van der Waals surface area contributed by atoms with E-state index in [1.54, 1.807) is 30.5 Å². The fourth-order valence-corrected chi connectivity index (χ4v) is 2.28. The summed E-state index contributed by atoms with van der Waals surface area (Å²) in [5.41, 5.74) is 5.28. The second-order valence-electron chi connectivity index (χ2n) is 3.83. The molecule has 3 N–H and O–H groups in total. The smallest absolute Gasteiger partial charge is 0.264 e. The molecule has 108 valence electrons. The lowest BCUT2D eigenvalue weighted by molar-refractivity contribution is -0.118. The highest BCUT2D eigenvalue weighted by atomic mass is 35.5. The number of anilines is 1. The number of ether oxygens (including phenoxy) is 1. The third-order valence-corrected chi connectivity index (χ3v) is 3.30. The first-order chi connectivity index (χ1) is 10.2. The van der Waals surface area contributed by atoms with E-state index in [-0.39, 0.29) is 19.1 Å². The molecule has 7 heteroatoms. The Labute approximate surface area is 131 Å². The summed E-state index contributed by atoms with van der Waals surface area (Å²) in [5, 5.41) is 3.66. The molecule has 0 saturated carbocycles. The van der Waals surface area contributed by atoms with Gasteiger partial charge in [0, 0.05) is 5.02 Å². The standard InChI is InChI=1S/C14H12ClN3O2S/c15-10-3-1-4-11(7-10)20-9-13(19)18-14-17-8-12(21-14)5-2-6-16/h1,3-4,7-8H,6,9,16H2,(H,17,18,19). The number of carbonyl (C=O) groups excluding carboxylic acids is 1. The van der Waals surface area contributed by atoms with E-state index < -0.39 is 0 Å². The molecule has 0 aliphatic rings. The van der Waals surface area contributed by atoms with Gasteiger partial charge in [-0.25, -0.2) is 4.98 Å². The highest BCUT2D eigenvalue weighted by Crippen LogP contribution is 2.18. The number of carbonyl (C=O) groups is 1. The number of hydrogen-bond acceptors (Lipinski definition) is 5. The predicted molar refractivity (Wildman–Crippen MR) is 83.6 cm³/mol. The molecule has 0 aliphatic carbocycles. The lowest BCUT2D eigenvalue weighted by Crippen LogP contribution is -2.19. The Balaban J connectivity index is 1.85. The van der Waals surface area contributed by atoms with Gasteiger partial charge in [0.25, 0.3) is 5.91 Å². The third kappa shape index (κ3) is 5.08. The van der Waals surface area contributed by atoms with Crippen LogP contribution in [0.2, 0.25) is 5.02 Å². The molecule has 0 fully saturated rings. The number of nitrogens with zero attached hydrogens (tertiary/aromatic N) is 1. The van der Waals surface area contributed by atoms with Crippen LogP contribution >= 0.6 is 22.9 Å². The van der Waals surface area contributed by atoms with E-state index in [1.807, 2.05) is 0 Å². The number of thiazole rings is 1. The molecule has 0 spiro atoms. The van der Waals surface area contributed by atoms with E-state index in [0.717, 1.165) is 4.88 Å². The van der Waals surface area contributed by atoms with Crippen LogP contribution in [0.3, 0.4) is 0 Å². The Bertz CT molecular complexity index is 691. The number of nitrogens with two attached hydrogens (primary N) is 1. The maximum absolute atomic E-state index is 11.7. The van der Waals surface area contributed by atoms with E-state index >= 15 is 0 Å². The van der Waals surface area contributed by atoms with Gasteiger partial charge in [-0.2, -0.15) is 0 Å². The molecule has 1 amide bonds. The summed E-state index contributed by atoms with van der Waals surface area (Å²) in [5.74, 6) is 5.80. The summed E-state index contributed by atoms with van der Waals surface area (Å²) in [6, 6.07) is 6.84. The first-order valence-electron chi connectivity index (χ1n) is 6.00. The van der Waals surface area contributed by atoms with Crippen LogP contribution in [-0.2, 0) is 4.79 Å². The maximum atomic E-state index is 11.7. The van der Waals surface area contributed by atoms with Gasteiger partial charge in [-0.05, 0) is 18.2 Å². The van der Waals surface area contributed by atoms with Crippen LogP contribution in [0.15, 0.2) is 30.5 Å². The summed E-state index contributed by atoms with van der Waals surface area (Å²) in [7, 11) is 0. The zero-order valence-electron chi connectivity index (χ0n) is 10.9. The minimum atomic E-state index is -0.303. The van der Waals surface area contributed by atoms with Gasteiger partial charge in [0.1, 0.15) is 5.75 Å². The second kappa shape index (κ2) is 7.64. The van der Waals surface area contributed by atoms with E-state index in [2.05, 4.69) is 22.1 Å². The molecule has 2 aromatic rings. The molecule has 1 aromatic heterocycles.